The largest absolute Gasteiger partial charge is 0.507 e. The van der Waals surface area contributed by atoms with Crippen molar-refractivity contribution >= 4 is 23.1 Å². The minimum absolute atomic E-state index is 0.0420. The molecule has 3 aromatic rings. The number of aliphatic hydroxyl groups is 1. The van der Waals surface area contributed by atoms with Gasteiger partial charge in [0.05, 0.1) is 24.4 Å². The van der Waals surface area contributed by atoms with E-state index in [1.165, 1.54) is 11.0 Å². The van der Waals surface area contributed by atoms with E-state index < -0.39 is 17.7 Å². The number of aliphatic hydroxyl groups excluding tert-OH is 1. The molecule has 0 saturated carbocycles. The first-order chi connectivity index (χ1) is 14.5. The number of nitrogens with zero attached hydrogens (tertiary/aromatic N) is 1. The van der Waals surface area contributed by atoms with Crippen molar-refractivity contribution in [1.82, 2.24) is 0 Å². The molecule has 0 spiro atoms. The second-order valence-electron chi connectivity index (χ2n) is 6.80. The Morgan fingerprint density at radius 1 is 0.900 bits per heavy atom. The molecule has 1 fully saturated rings. The molecule has 1 unspecified atom stereocenters. The van der Waals surface area contributed by atoms with Crippen LogP contribution in [0, 0.1) is 0 Å². The van der Waals surface area contributed by atoms with Crippen LogP contribution in [0.3, 0.4) is 0 Å². The quantitative estimate of drug-likeness (QED) is 0.392. The lowest BCUT2D eigenvalue weighted by atomic mass is 9.95. The highest BCUT2D eigenvalue weighted by atomic mass is 16.5. The minimum Gasteiger partial charge on any atom is -0.507 e. The van der Waals surface area contributed by atoms with E-state index in [2.05, 4.69) is 0 Å². The van der Waals surface area contributed by atoms with E-state index in [9.17, 15) is 19.8 Å². The van der Waals surface area contributed by atoms with Crippen LogP contribution in [0.25, 0.3) is 5.76 Å². The fraction of sp³-hybridized carbons (Fsp3) is 0.0833. The van der Waals surface area contributed by atoms with Gasteiger partial charge in [0, 0.05) is 5.56 Å². The Morgan fingerprint density at radius 2 is 1.53 bits per heavy atom. The summed E-state index contributed by atoms with van der Waals surface area (Å²) in [5, 5.41) is 21.3. The Morgan fingerprint density at radius 3 is 2.17 bits per heavy atom. The van der Waals surface area contributed by atoms with Crippen molar-refractivity contribution in [3.05, 3.63) is 95.6 Å². The number of benzene rings is 3. The molecule has 6 heteroatoms. The Kier molecular flexibility index (Phi) is 4.98. The maximum atomic E-state index is 13.0. The topological polar surface area (TPSA) is 87.1 Å². The van der Waals surface area contributed by atoms with E-state index in [0.29, 0.717) is 16.9 Å². The van der Waals surface area contributed by atoms with E-state index in [-0.39, 0.29) is 22.8 Å². The van der Waals surface area contributed by atoms with Gasteiger partial charge in [0.2, 0.25) is 0 Å². The van der Waals surface area contributed by atoms with Gasteiger partial charge < -0.3 is 14.9 Å². The van der Waals surface area contributed by atoms with E-state index in [0.717, 1.165) is 0 Å². The normalized spacial score (nSPS) is 17.9. The third-order valence-electron chi connectivity index (χ3n) is 5.06. The first kappa shape index (κ1) is 19.3. The molecule has 4 rings (SSSR count). The molecule has 1 saturated heterocycles. The summed E-state index contributed by atoms with van der Waals surface area (Å²) in [7, 11) is 1.54. The van der Waals surface area contributed by atoms with Crippen LogP contribution in [0.1, 0.15) is 17.2 Å². The summed E-state index contributed by atoms with van der Waals surface area (Å²) < 4.78 is 5.20. The van der Waals surface area contributed by atoms with Gasteiger partial charge in [-0.2, -0.15) is 0 Å². The number of para-hydroxylation sites is 2. The van der Waals surface area contributed by atoms with Crippen LogP contribution < -0.4 is 9.64 Å². The van der Waals surface area contributed by atoms with Crippen LogP contribution in [-0.2, 0) is 9.59 Å². The summed E-state index contributed by atoms with van der Waals surface area (Å²) in [6.45, 7) is 0. The van der Waals surface area contributed by atoms with Gasteiger partial charge in [0.1, 0.15) is 17.3 Å². The smallest absolute Gasteiger partial charge is 0.300 e. The predicted molar refractivity (Wildman–Crippen MR) is 112 cm³/mol. The Labute approximate surface area is 173 Å². The molecule has 0 aromatic heterocycles. The lowest BCUT2D eigenvalue weighted by Crippen LogP contribution is -2.29. The number of Topliss-reactive ketones (excluding diaryl/α,β-unsaturated/α-hetero) is 1. The van der Waals surface area contributed by atoms with Crippen LogP contribution in [0.15, 0.2) is 84.4 Å². The molecule has 1 aliphatic rings. The van der Waals surface area contributed by atoms with E-state index >= 15 is 0 Å². The van der Waals surface area contributed by atoms with Gasteiger partial charge in [-0.3, -0.25) is 14.5 Å². The molecular weight excluding hydrogens is 382 g/mol. The molecule has 3 aromatic carbocycles. The SMILES string of the molecule is COc1ccc(C2/C(=C(\O)c3ccccc3)C(=O)C(=O)N2c2ccccc2O)cc1. The van der Waals surface area contributed by atoms with Gasteiger partial charge in [-0.25, -0.2) is 0 Å². The summed E-state index contributed by atoms with van der Waals surface area (Å²) in [4.78, 5) is 27.2. The second-order valence-corrected chi connectivity index (χ2v) is 6.80. The fourth-order valence-corrected chi connectivity index (χ4v) is 3.60. The number of ketones is 1. The summed E-state index contributed by atoms with van der Waals surface area (Å²) >= 11 is 0. The van der Waals surface area contributed by atoms with E-state index in [1.807, 2.05) is 0 Å². The number of amides is 1. The summed E-state index contributed by atoms with van der Waals surface area (Å²) in [5.41, 5.74) is 1.16. The number of hydrogen-bond donors (Lipinski definition) is 2. The Bertz CT molecular complexity index is 1140. The van der Waals surface area contributed by atoms with E-state index in [1.54, 1.807) is 79.9 Å². The number of hydrogen-bond acceptors (Lipinski definition) is 5. The van der Waals surface area contributed by atoms with Gasteiger partial charge in [0.15, 0.2) is 0 Å². The zero-order valence-electron chi connectivity index (χ0n) is 16.1. The molecule has 0 bridgehead atoms. The number of ether oxygens (including phenoxy) is 1. The number of carbonyl (C=O) groups is 2. The number of aromatic hydroxyl groups is 1. The first-order valence-corrected chi connectivity index (χ1v) is 9.31. The number of rotatable bonds is 4. The number of carbonyl (C=O) groups excluding carboxylic acids is 2. The molecule has 0 aliphatic carbocycles. The van der Waals surface area contributed by atoms with Crippen molar-refractivity contribution in [1.29, 1.82) is 0 Å². The van der Waals surface area contributed by atoms with Crippen LogP contribution in [0.4, 0.5) is 5.69 Å². The number of phenols is 1. The van der Waals surface area contributed by atoms with Crippen molar-refractivity contribution in [2.45, 2.75) is 6.04 Å². The third kappa shape index (κ3) is 3.18. The molecular formula is C24H19NO5. The summed E-state index contributed by atoms with van der Waals surface area (Å²) in [5.74, 6) is -1.44. The van der Waals surface area contributed by atoms with Crippen LogP contribution in [0.2, 0.25) is 0 Å². The van der Waals surface area contributed by atoms with Gasteiger partial charge >= 0.3 is 0 Å². The zero-order chi connectivity index (χ0) is 21.3. The van der Waals surface area contributed by atoms with Crippen molar-refractivity contribution in [2.75, 3.05) is 12.0 Å². The average molecular weight is 401 g/mol. The lowest BCUT2D eigenvalue weighted by Gasteiger charge is -2.26. The number of methoxy groups -OCH3 is 1. The first-order valence-electron chi connectivity index (χ1n) is 9.31. The van der Waals surface area contributed by atoms with Gasteiger partial charge in [-0.1, -0.05) is 54.6 Å². The van der Waals surface area contributed by atoms with Crippen LogP contribution in [0.5, 0.6) is 11.5 Å². The van der Waals surface area contributed by atoms with E-state index in [4.69, 9.17) is 4.74 Å². The Balaban J connectivity index is 1.95. The third-order valence-corrected chi connectivity index (χ3v) is 5.06. The predicted octanol–water partition coefficient (Wildman–Crippen LogP) is 4.03. The molecule has 2 N–H and O–H groups in total. The standard InChI is InChI=1S/C24H19NO5/c1-30-17-13-11-15(12-14-17)21-20(22(27)16-7-3-2-4-8-16)23(28)24(29)25(21)18-9-5-6-10-19(18)26/h2-14,21,26-27H,1H3/b22-20+. The van der Waals surface area contributed by atoms with Gasteiger partial charge in [-0.05, 0) is 29.8 Å². The highest BCUT2D eigenvalue weighted by Crippen LogP contribution is 2.44. The summed E-state index contributed by atoms with van der Waals surface area (Å²) in [6.07, 6.45) is 0. The van der Waals surface area contributed by atoms with Crippen molar-refractivity contribution in [2.24, 2.45) is 0 Å². The summed E-state index contributed by atoms with van der Waals surface area (Å²) in [6, 6.07) is 20.8. The minimum atomic E-state index is -0.913. The molecule has 6 nitrogen and oxygen atoms in total. The maximum Gasteiger partial charge on any atom is 0.300 e. The second kappa shape index (κ2) is 7.75. The molecule has 30 heavy (non-hydrogen) atoms. The molecule has 1 heterocycles. The highest BCUT2D eigenvalue weighted by Gasteiger charge is 2.47. The Hall–Kier alpha value is -4.06. The molecule has 1 amide bonds. The fourth-order valence-electron chi connectivity index (χ4n) is 3.60. The zero-order valence-corrected chi connectivity index (χ0v) is 16.1. The van der Waals surface area contributed by atoms with Crippen LogP contribution >= 0.6 is 0 Å². The molecule has 150 valence electrons. The van der Waals surface area contributed by atoms with Gasteiger partial charge in [0.25, 0.3) is 11.7 Å². The lowest BCUT2D eigenvalue weighted by molar-refractivity contribution is -0.132. The molecule has 0 radical (unpaired) electrons. The van der Waals surface area contributed by atoms with Crippen molar-refractivity contribution in [3.8, 4) is 11.5 Å². The maximum absolute atomic E-state index is 13.0. The van der Waals surface area contributed by atoms with Gasteiger partial charge in [-0.15, -0.1) is 0 Å². The van der Waals surface area contributed by atoms with Crippen molar-refractivity contribution < 1.29 is 24.5 Å². The number of phenolic OH excluding ortho intramolecular Hbond substituents is 1. The number of anilines is 1. The van der Waals surface area contributed by atoms with Crippen LogP contribution in [-0.4, -0.2) is 29.0 Å². The average Bonchev–Trinajstić information content (AvgIpc) is 3.05. The molecule has 1 aliphatic heterocycles. The monoisotopic (exact) mass is 401 g/mol. The molecule has 1 atom stereocenters. The van der Waals surface area contributed by atoms with Crippen molar-refractivity contribution in [3.63, 3.8) is 0 Å². The highest BCUT2D eigenvalue weighted by molar-refractivity contribution is 6.51.